The number of aromatic hydroxyl groups is 1. The van der Waals surface area contributed by atoms with Gasteiger partial charge in [-0.05, 0) is 81.9 Å². The van der Waals surface area contributed by atoms with Gasteiger partial charge in [-0.25, -0.2) is 12.7 Å². The van der Waals surface area contributed by atoms with Gasteiger partial charge in [-0.15, -0.1) is 0 Å². The van der Waals surface area contributed by atoms with E-state index in [0.29, 0.717) is 38.0 Å². The van der Waals surface area contributed by atoms with Gasteiger partial charge in [0.2, 0.25) is 10.0 Å². The fourth-order valence-electron chi connectivity index (χ4n) is 5.18. The van der Waals surface area contributed by atoms with Crippen LogP contribution < -0.4 is 0 Å². The number of sulfonamides is 1. The molecule has 8 heteroatoms. The number of carbonyl (C=O) groups is 1. The van der Waals surface area contributed by atoms with Crippen LogP contribution in [0.2, 0.25) is 0 Å². The van der Waals surface area contributed by atoms with Crippen molar-refractivity contribution in [3.05, 3.63) is 28.8 Å². The number of aliphatic hydroxyl groups is 1. The zero-order chi connectivity index (χ0) is 23.6. The zero-order valence-electron chi connectivity index (χ0n) is 19.7. The third-order valence-electron chi connectivity index (χ3n) is 7.24. The molecule has 3 rings (SSSR count). The number of piperidine rings is 2. The molecular formula is C24H38N2O5S. The first-order chi connectivity index (χ1) is 15.0. The smallest absolute Gasteiger partial charge is 0.251 e. The summed E-state index contributed by atoms with van der Waals surface area (Å²) >= 11 is 0. The van der Waals surface area contributed by atoms with Gasteiger partial charge in [-0.1, -0.05) is 12.1 Å². The van der Waals surface area contributed by atoms with Crippen LogP contribution in [0.15, 0.2) is 12.1 Å². The van der Waals surface area contributed by atoms with Crippen LogP contribution in [0.25, 0.3) is 0 Å². The predicted molar refractivity (Wildman–Crippen MR) is 125 cm³/mol. The minimum Gasteiger partial charge on any atom is -0.507 e. The second-order valence-corrected chi connectivity index (χ2v) is 12.3. The van der Waals surface area contributed by atoms with Crippen LogP contribution in [-0.2, 0) is 21.2 Å². The molecular weight excluding hydrogens is 428 g/mol. The van der Waals surface area contributed by atoms with E-state index >= 15 is 0 Å². The Balaban J connectivity index is 1.49. The summed E-state index contributed by atoms with van der Waals surface area (Å²) in [6.45, 7) is 9.54. The van der Waals surface area contributed by atoms with E-state index < -0.39 is 16.1 Å². The van der Waals surface area contributed by atoms with E-state index in [1.165, 1.54) is 0 Å². The number of aliphatic hydroxyl groups excluding tert-OH is 1. The molecule has 0 saturated carbocycles. The molecule has 0 aromatic heterocycles. The number of phenols is 1. The highest BCUT2D eigenvalue weighted by atomic mass is 32.2. The van der Waals surface area contributed by atoms with E-state index in [-0.39, 0.29) is 23.3 Å². The summed E-state index contributed by atoms with van der Waals surface area (Å²) in [6.07, 6.45) is 2.72. The Morgan fingerprint density at radius 2 is 1.47 bits per heavy atom. The van der Waals surface area contributed by atoms with Crippen molar-refractivity contribution in [1.82, 2.24) is 9.21 Å². The third-order valence-corrected chi connectivity index (χ3v) is 9.51. The number of hydrogen-bond acceptors (Lipinski definition) is 5. The number of amides is 1. The standard InChI is InChI=1S/C24H38N2O5S/c1-16(2)32(30,31)26-11-7-21(8-12-26)20-5-9-25(10-6-20)24(29)22(27)15-19-13-17(3)23(28)18(4)14-19/h13-14,16,20-22,27-28H,5-12,15H2,1-4H3/t22-/m1/s1. The maximum Gasteiger partial charge on any atom is 0.251 e. The number of hydrogen-bond donors (Lipinski definition) is 2. The summed E-state index contributed by atoms with van der Waals surface area (Å²) in [7, 11) is -3.18. The monoisotopic (exact) mass is 466 g/mol. The molecule has 2 heterocycles. The Morgan fingerprint density at radius 3 is 1.94 bits per heavy atom. The number of likely N-dealkylation sites (tertiary alicyclic amines) is 1. The first-order valence-electron chi connectivity index (χ1n) is 11.8. The van der Waals surface area contributed by atoms with Crippen LogP contribution in [0.4, 0.5) is 0 Å². The molecule has 180 valence electrons. The molecule has 2 aliphatic rings. The maximum absolute atomic E-state index is 12.8. The summed E-state index contributed by atoms with van der Waals surface area (Å²) in [4.78, 5) is 14.6. The maximum atomic E-state index is 12.8. The van der Waals surface area contributed by atoms with Gasteiger partial charge in [-0.2, -0.15) is 0 Å². The summed E-state index contributed by atoms with van der Waals surface area (Å²) in [5, 5.41) is 20.1. The molecule has 7 nitrogen and oxygen atoms in total. The van der Waals surface area contributed by atoms with Crippen molar-refractivity contribution >= 4 is 15.9 Å². The van der Waals surface area contributed by atoms with E-state index in [1.54, 1.807) is 23.1 Å². The lowest BCUT2D eigenvalue weighted by Gasteiger charge is -2.40. The van der Waals surface area contributed by atoms with Gasteiger partial charge in [0.25, 0.3) is 5.91 Å². The number of benzene rings is 1. The topological polar surface area (TPSA) is 98.2 Å². The van der Waals surface area contributed by atoms with E-state index in [9.17, 15) is 23.4 Å². The molecule has 1 amide bonds. The lowest BCUT2D eigenvalue weighted by molar-refractivity contribution is -0.141. The van der Waals surface area contributed by atoms with Crippen LogP contribution in [0.5, 0.6) is 5.75 Å². The van der Waals surface area contributed by atoms with E-state index in [4.69, 9.17) is 0 Å². The van der Waals surface area contributed by atoms with Gasteiger partial charge in [0.05, 0.1) is 5.25 Å². The predicted octanol–water partition coefficient (Wildman–Crippen LogP) is 2.60. The Kier molecular flexibility index (Phi) is 7.89. The van der Waals surface area contributed by atoms with Gasteiger partial charge >= 0.3 is 0 Å². The average molecular weight is 467 g/mol. The van der Waals surface area contributed by atoms with Crippen LogP contribution in [0.1, 0.15) is 56.2 Å². The van der Waals surface area contributed by atoms with Gasteiger partial charge in [0, 0.05) is 32.6 Å². The van der Waals surface area contributed by atoms with E-state index in [0.717, 1.165) is 42.4 Å². The van der Waals surface area contributed by atoms with Crippen molar-refractivity contribution in [2.75, 3.05) is 26.2 Å². The highest BCUT2D eigenvalue weighted by Gasteiger charge is 2.35. The summed E-state index contributed by atoms with van der Waals surface area (Å²) in [5.41, 5.74) is 2.33. The number of nitrogens with zero attached hydrogens (tertiary/aromatic N) is 2. The van der Waals surface area contributed by atoms with Gasteiger partial charge in [0.1, 0.15) is 11.9 Å². The molecule has 1 aromatic rings. The molecule has 1 atom stereocenters. The lowest BCUT2D eigenvalue weighted by Crippen LogP contribution is -2.47. The van der Waals surface area contributed by atoms with Gasteiger partial charge < -0.3 is 15.1 Å². The van der Waals surface area contributed by atoms with Crippen molar-refractivity contribution in [3.63, 3.8) is 0 Å². The normalized spacial score (nSPS) is 20.6. The first kappa shape index (κ1) is 25.0. The second-order valence-electron chi connectivity index (χ2n) is 9.79. The first-order valence-corrected chi connectivity index (χ1v) is 13.3. The van der Waals surface area contributed by atoms with E-state index in [2.05, 4.69) is 0 Å². The molecule has 0 bridgehead atoms. The molecule has 0 radical (unpaired) electrons. The summed E-state index contributed by atoms with van der Waals surface area (Å²) < 4.78 is 26.4. The fourth-order valence-corrected chi connectivity index (χ4v) is 6.49. The average Bonchev–Trinajstić information content (AvgIpc) is 2.77. The highest BCUT2D eigenvalue weighted by Crippen LogP contribution is 2.34. The molecule has 32 heavy (non-hydrogen) atoms. The summed E-state index contributed by atoms with van der Waals surface area (Å²) in [6, 6.07) is 3.63. The highest BCUT2D eigenvalue weighted by molar-refractivity contribution is 7.89. The van der Waals surface area contributed by atoms with Crippen molar-refractivity contribution in [3.8, 4) is 5.75 Å². The summed E-state index contributed by atoms with van der Waals surface area (Å²) in [5.74, 6) is 1.02. The SMILES string of the molecule is Cc1cc(C[C@@H](O)C(=O)N2CCC(C3CCN(S(=O)(=O)C(C)C)CC3)CC2)cc(C)c1O. The van der Waals surface area contributed by atoms with Crippen molar-refractivity contribution in [2.45, 2.75) is 71.2 Å². The number of aryl methyl sites for hydroxylation is 2. The lowest BCUT2D eigenvalue weighted by atomic mass is 9.79. The minimum absolute atomic E-state index is 0.232. The van der Waals surface area contributed by atoms with Crippen LogP contribution in [0.3, 0.4) is 0 Å². The minimum atomic E-state index is -3.18. The number of phenolic OH excluding ortho intramolecular Hbond substituents is 1. The van der Waals surface area contributed by atoms with Gasteiger partial charge in [0.15, 0.2) is 0 Å². The molecule has 2 N–H and O–H groups in total. The molecule has 2 aliphatic heterocycles. The van der Waals surface area contributed by atoms with Crippen molar-refractivity contribution in [1.29, 1.82) is 0 Å². The van der Waals surface area contributed by atoms with Crippen molar-refractivity contribution < 1.29 is 23.4 Å². The molecule has 2 saturated heterocycles. The number of rotatable bonds is 6. The van der Waals surface area contributed by atoms with Crippen LogP contribution in [0, 0.1) is 25.7 Å². The Bertz CT molecular complexity index is 891. The Hall–Kier alpha value is -1.64. The zero-order valence-corrected chi connectivity index (χ0v) is 20.6. The molecule has 1 aromatic carbocycles. The van der Waals surface area contributed by atoms with Crippen LogP contribution >= 0.6 is 0 Å². The molecule has 0 aliphatic carbocycles. The molecule has 2 fully saturated rings. The largest absolute Gasteiger partial charge is 0.507 e. The second kappa shape index (κ2) is 10.1. The molecule has 0 unspecified atom stereocenters. The van der Waals surface area contributed by atoms with E-state index in [1.807, 2.05) is 26.0 Å². The van der Waals surface area contributed by atoms with Gasteiger partial charge in [-0.3, -0.25) is 4.79 Å². The fraction of sp³-hybridized carbons (Fsp3) is 0.708. The molecule has 0 spiro atoms. The van der Waals surface area contributed by atoms with Crippen LogP contribution in [-0.4, -0.2) is 71.3 Å². The Labute approximate surface area is 192 Å². The van der Waals surface area contributed by atoms with Crippen molar-refractivity contribution in [2.24, 2.45) is 11.8 Å². The Morgan fingerprint density at radius 1 is 1.00 bits per heavy atom. The third kappa shape index (κ3) is 5.46. The quantitative estimate of drug-likeness (QED) is 0.672. The number of carbonyl (C=O) groups excluding carboxylic acids is 1.